The molecule has 3 rings (SSSR count). The largest absolute Gasteiger partial charge is 0.491 e. The average Bonchev–Trinajstić information content (AvgIpc) is 2.51. The van der Waals surface area contributed by atoms with Gasteiger partial charge in [0.15, 0.2) is 17.4 Å². The Morgan fingerprint density at radius 3 is 2.42 bits per heavy atom. The Morgan fingerprint density at radius 1 is 1.23 bits per heavy atom. The maximum atomic E-state index is 14.0. The van der Waals surface area contributed by atoms with Gasteiger partial charge in [-0.3, -0.25) is 4.90 Å². The number of carbonyl (C=O) groups is 1. The minimum Gasteiger partial charge on any atom is -0.491 e. The van der Waals surface area contributed by atoms with E-state index in [1.807, 2.05) is 26.8 Å². The third-order valence-corrected chi connectivity index (χ3v) is 4.38. The molecule has 2 heterocycles. The Kier molecular flexibility index (Phi) is 4.92. The summed E-state index contributed by atoms with van der Waals surface area (Å²) in [6.45, 7) is 6.11. The molecule has 1 saturated heterocycles. The van der Waals surface area contributed by atoms with Crippen molar-refractivity contribution in [3.05, 3.63) is 35.4 Å². The number of amides is 1. The summed E-state index contributed by atoms with van der Waals surface area (Å²) in [5.74, 6) is -1.90. The fourth-order valence-corrected chi connectivity index (χ4v) is 3.35. The lowest BCUT2D eigenvalue weighted by Crippen LogP contribution is -2.57. The summed E-state index contributed by atoms with van der Waals surface area (Å²) in [5.41, 5.74) is 0.628. The van der Waals surface area contributed by atoms with Crippen LogP contribution in [0.5, 0.6) is 5.75 Å². The van der Waals surface area contributed by atoms with E-state index < -0.39 is 29.1 Å². The molecule has 2 aliphatic heterocycles. The molecule has 1 aromatic carbocycles. The van der Waals surface area contributed by atoms with E-state index in [4.69, 9.17) is 14.2 Å². The summed E-state index contributed by atoms with van der Waals surface area (Å²) in [4.78, 5) is 14.2. The molecule has 5 nitrogen and oxygen atoms in total. The van der Waals surface area contributed by atoms with Crippen LogP contribution >= 0.6 is 0 Å². The van der Waals surface area contributed by atoms with Crippen LogP contribution in [0.1, 0.15) is 32.8 Å². The predicted molar refractivity (Wildman–Crippen MR) is 92.0 cm³/mol. The standard InChI is InChI=1S/C19H23F2NO4/c1-19(2,3)26-18(23)22-13-5-11(6-14(22)10-25-9-13)12-7-15(20)17(24-4)16(21)8-12/h5,7-8,13-14H,6,9-10H2,1-4H3. The van der Waals surface area contributed by atoms with E-state index in [9.17, 15) is 13.6 Å². The van der Waals surface area contributed by atoms with Crippen LogP contribution in [0.15, 0.2) is 18.2 Å². The Morgan fingerprint density at radius 2 is 1.88 bits per heavy atom. The van der Waals surface area contributed by atoms with Gasteiger partial charge in [-0.05, 0) is 50.5 Å². The lowest BCUT2D eigenvalue weighted by atomic mass is 9.90. The fraction of sp³-hybridized carbons (Fsp3) is 0.526. The van der Waals surface area contributed by atoms with Crippen molar-refractivity contribution in [1.82, 2.24) is 4.90 Å². The van der Waals surface area contributed by atoms with Crippen LogP contribution in [0.2, 0.25) is 0 Å². The van der Waals surface area contributed by atoms with Crippen LogP contribution in [-0.2, 0) is 9.47 Å². The highest BCUT2D eigenvalue weighted by Gasteiger charge is 2.40. The van der Waals surface area contributed by atoms with Gasteiger partial charge in [-0.15, -0.1) is 0 Å². The first kappa shape index (κ1) is 18.6. The van der Waals surface area contributed by atoms with Gasteiger partial charge in [0, 0.05) is 0 Å². The number of rotatable bonds is 2. The third kappa shape index (κ3) is 3.67. The van der Waals surface area contributed by atoms with E-state index in [0.717, 1.165) is 5.57 Å². The fourth-order valence-electron chi connectivity index (χ4n) is 3.35. The van der Waals surface area contributed by atoms with E-state index in [2.05, 4.69) is 0 Å². The number of halogens is 2. The van der Waals surface area contributed by atoms with Crippen molar-refractivity contribution in [3.8, 4) is 5.75 Å². The van der Waals surface area contributed by atoms with E-state index in [-0.39, 0.29) is 12.1 Å². The molecular formula is C19H23F2NO4. The number of benzene rings is 1. The number of nitrogens with zero attached hydrogens (tertiary/aromatic N) is 1. The zero-order valence-electron chi connectivity index (χ0n) is 15.3. The van der Waals surface area contributed by atoms with Gasteiger partial charge in [0.1, 0.15) is 5.60 Å². The van der Waals surface area contributed by atoms with Crippen LogP contribution in [0, 0.1) is 11.6 Å². The number of methoxy groups -OCH3 is 1. The van der Waals surface area contributed by atoms with Crippen LogP contribution in [0.4, 0.5) is 13.6 Å². The second-order valence-electron chi connectivity index (χ2n) is 7.52. The molecule has 2 atom stereocenters. The summed E-state index contributed by atoms with van der Waals surface area (Å²) in [6, 6.07) is 1.94. The molecule has 1 aromatic rings. The van der Waals surface area contributed by atoms with Crippen molar-refractivity contribution < 1.29 is 27.8 Å². The number of ether oxygens (including phenoxy) is 3. The summed E-state index contributed by atoms with van der Waals surface area (Å²) < 4.78 is 43.9. The predicted octanol–water partition coefficient (Wildman–Crippen LogP) is 3.77. The Bertz CT molecular complexity index is 719. The highest BCUT2D eigenvalue weighted by atomic mass is 19.1. The monoisotopic (exact) mass is 367 g/mol. The number of carbonyl (C=O) groups excluding carboxylic acids is 1. The maximum absolute atomic E-state index is 14.0. The zero-order valence-corrected chi connectivity index (χ0v) is 15.3. The van der Waals surface area contributed by atoms with Gasteiger partial charge in [-0.1, -0.05) is 6.08 Å². The normalized spacial score (nSPS) is 22.7. The van der Waals surface area contributed by atoms with Gasteiger partial charge >= 0.3 is 6.09 Å². The second kappa shape index (κ2) is 6.87. The number of morpholine rings is 1. The molecule has 26 heavy (non-hydrogen) atoms. The van der Waals surface area contributed by atoms with Gasteiger partial charge in [0.2, 0.25) is 0 Å². The highest BCUT2D eigenvalue weighted by molar-refractivity contribution is 5.75. The molecule has 0 saturated carbocycles. The summed E-state index contributed by atoms with van der Waals surface area (Å²) in [6.07, 6.45) is 1.85. The Hall–Kier alpha value is -2.15. The van der Waals surface area contributed by atoms with Crippen molar-refractivity contribution in [2.75, 3.05) is 20.3 Å². The van der Waals surface area contributed by atoms with Crippen molar-refractivity contribution >= 4 is 11.7 Å². The average molecular weight is 367 g/mol. The minimum absolute atomic E-state index is 0.239. The number of hydrogen-bond donors (Lipinski definition) is 0. The lowest BCUT2D eigenvalue weighted by Gasteiger charge is -2.44. The lowest BCUT2D eigenvalue weighted by molar-refractivity contribution is -0.0510. The van der Waals surface area contributed by atoms with E-state index >= 15 is 0 Å². The third-order valence-electron chi connectivity index (χ3n) is 4.38. The first-order chi connectivity index (χ1) is 12.2. The molecule has 0 aromatic heterocycles. The second-order valence-corrected chi connectivity index (χ2v) is 7.52. The zero-order chi connectivity index (χ0) is 19.1. The van der Waals surface area contributed by atoms with Gasteiger partial charge in [0.25, 0.3) is 0 Å². The van der Waals surface area contributed by atoms with Gasteiger partial charge < -0.3 is 14.2 Å². The first-order valence-corrected chi connectivity index (χ1v) is 8.53. The van der Waals surface area contributed by atoms with E-state index in [1.54, 1.807) is 4.90 Å². The van der Waals surface area contributed by atoms with Crippen LogP contribution < -0.4 is 4.74 Å². The number of hydrogen-bond acceptors (Lipinski definition) is 4. The van der Waals surface area contributed by atoms with Crippen LogP contribution in [0.25, 0.3) is 5.57 Å². The molecule has 7 heteroatoms. The molecule has 0 N–H and O–H groups in total. The smallest absolute Gasteiger partial charge is 0.411 e. The molecular weight excluding hydrogens is 344 g/mol. The van der Waals surface area contributed by atoms with Gasteiger partial charge in [-0.25, -0.2) is 13.6 Å². The quantitative estimate of drug-likeness (QED) is 0.799. The molecule has 2 unspecified atom stereocenters. The summed E-state index contributed by atoms with van der Waals surface area (Å²) >= 11 is 0. The molecule has 2 aliphatic rings. The molecule has 1 fully saturated rings. The topological polar surface area (TPSA) is 48.0 Å². The molecule has 0 spiro atoms. The molecule has 2 bridgehead atoms. The van der Waals surface area contributed by atoms with E-state index in [0.29, 0.717) is 25.2 Å². The summed E-state index contributed by atoms with van der Waals surface area (Å²) in [7, 11) is 1.22. The van der Waals surface area contributed by atoms with Crippen molar-refractivity contribution in [2.24, 2.45) is 0 Å². The molecule has 0 aliphatic carbocycles. The van der Waals surface area contributed by atoms with Crippen LogP contribution in [-0.4, -0.2) is 49.0 Å². The first-order valence-electron chi connectivity index (χ1n) is 8.53. The highest BCUT2D eigenvalue weighted by Crippen LogP contribution is 2.35. The van der Waals surface area contributed by atoms with Crippen molar-refractivity contribution in [2.45, 2.75) is 44.9 Å². The molecule has 1 amide bonds. The van der Waals surface area contributed by atoms with Crippen molar-refractivity contribution in [3.63, 3.8) is 0 Å². The minimum atomic E-state index is -0.751. The molecule has 142 valence electrons. The van der Waals surface area contributed by atoms with Gasteiger partial charge in [0.05, 0.1) is 32.4 Å². The summed E-state index contributed by atoms with van der Waals surface area (Å²) in [5, 5.41) is 0. The van der Waals surface area contributed by atoms with Crippen LogP contribution in [0.3, 0.4) is 0 Å². The maximum Gasteiger partial charge on any atom is 0.411 e. The Labute approximate surface area is 151 Å². The van der Waals surface area contributed by atoms with Crippen molar-refractivity contribution in [1.29, 1.82) is 0 Å². The number of fused-ring (bicyclic) bond motifs is 2. The van der Waals surface area contributed by atoms with Gasteiger partial charge in [-0.2, -0.15) is 0 Å². The van der Waals surface area contributed by atoms with E-state index in [1.165, 1.54) is 19.2 Å². The molecule has 0 radical (unpaired) electrons. The SMILES string of the molecule is COc1c(F)cc(C2=CC3COCC(C2)N3C(=O)OC(C)(C)C)cc1F. The Balaban J connectivity index is 1.90.